The number of rotatable bonds is 5. The fourth-order valence-corrected chi connectivity index (χ4v) is 5.41. The molecule has 0 spiro atoms. The molecule has 1 fully saturated rings. The molecule has 2 aromatic rings. The summed E-state index contributed by atoms with van der Waals surface area (Å²) >= 11 is 3.31. The molecule has 4 rings (SSSR count). The lowest BCUT2D eigenvalue weighted by molar-refractivity contribution is 0.101. The van der Waals surface area contributed by atoms with Crippen molar-refractivity contribution < 1.29 is 27.5 Å². The van der Waals surface area contributed by atoms with Crippen LogP contribution in [-0.4, -0.2) is 44.3 Å². The zero-order chi connectivity index (χ0) is 21.5. The van der Waals surface area contributed by atoms with Crippen LogP contribution in [0.15, 0.2) is 39.7 Å². The van der Waals surface area contributed by atoms with Crippen LogP contribution in [0.4, 0.5) is 5.69 Å². The highest BCUT2D eigenvalue weighted by atomic mass is 79.9. The van der Waals surface area contributed by atoms with Crippen molar-refractivity contribution in [1.82, 2.24) is 4.31 Å². The van der Waals surface area contributed by atoms with Crippen LogP contribution in [0.5, 0.6) is 11.5 Å². The number of Topliss-reactive ketones (excluding diaryl/α,β-unsaturated/α-hetero) is 1. The summed E-state index contributed by atoms with van der Waals surface area (Å²) in [5.41, 5.74) is 0.670. The molecule has 0 aromatic heterocycles. The first-order chi connectivity index (χ1) is 14.3. The van der Waals surface area contributed by atoms with Crippen molar-refractivity contribution in [1.29, 1.82) is 0 Å². The van der Waals surface area contributed by atoms with Gasteiger partial charge in [0, 0.05) is 29.2 Å². The quantitative estimate of drug-likeness (QED) is 0.638. The van der Waals surface area contributed by atoms with Crippen molar-refractivity contribution in [3.05, 3.63) is 45.9 Å². The molecular formula is C20H19BrN2O6S. The van der Waals surface area contributed by atoms with Crippen LogP contribution in [0.3, 0.4) is 0 Å². The Bertz CT molecular complexity index is 1140. The standard InChI is InChI=1S/C20H19BrN2O6S/c1-12(24)14-9-18-19(29-11-28-18)10-17(14)22-20(25)15-8-13(4-5-16(15)21)30(26,27)23-6-2-3-7-23/h4-5,8-10H,2-3,6-7,11H2,1H3,(H,22,25). The van der Waals surface area contributed by atoms with Gasteiger partial charge in [0.25, 0.3) is 5.91 Å². The Morgan fingerprint density at radius 3 is 2.37 bits per heavy atom. The third kappa shape index (κ3) is 3.82. The number of hydrogen-bond acceptors (Lipinski definition) is 6. The number of amides is 1. The van der Waals surface area contributed by atoms with Crippen LogP contribution in [0.1, 0.15) is 40.5 Å². The molecule has 0 aliphatic carbocycles. The molecule has 0 unspecified atom stereocenters. The second kappa shape index (κ2) is 8.01. The first-order valence-corrected chi connectivity index (χ1v) is 11.6. The summed E-state index contributed by atoms with van der Waals surface area (Å²) in [4.78, 5) is 25.1. The SMILES string of the molecule is CC(=O)c1cc2c(cc1NC(=O)c1cc(S(=O)(=O)N3CCCC3)ccc1Br)OCO2. The number of anilines is 1. The van der Waals surface area contributed by atoms with E-state index >= 15 is 0 Å². The molecule has 0 radical (unpaired) electrons. The van der Waals surface area contributed by atoms with Crippen molar-refractivity contribution in [3.63, 3.8) is 0 Å². The van der Waals surface area contributed by atoms with Gasteiger partial charge in [0.05, 0.1) is 16.1 Å². The second-order valence-corrected chi connectivity index (χ2v) is 9.81. The summed E-state index contributed by atoms with van der Waals surface area (Å²) in [7, 11) is -3.67. The minimum Gasteiger partial charge on any atom is -0.454 e. The highest BCUT2D eigenvalue weighted by molar-refractivity contribution is 9.10. The van der Waals surface area contributed by atoms with E-state index in [1.807, 2.05) is 0 Å². The first kappa shape index (κ1) is 20.8. The summed E-state index contributed by atoms with van der Waals surface area (Å²) in [5.74, 6) is 0.0348. The fraction of sp³-hybridized carbons (Fsp3) is 0.300. The van der Waals surface area contributed by atoms with E-state index in [1.54, 1.807) is 0 Å². The van der Waals surface area contributed by atoms with E-state index in [9.17, 15) is 18.0 Å². The van der Waals surface area contributed by atoms with Crippen LogP contribution < -0.4 is 14.8 Å². The zero-order valence-electron chi connectivity index (χ0n) is 16.1. The molecule has 30 heavy (non-hydrogen) atoms. The summed E-state index contributed by atoms with van der Waals surface area (Å²) < 4.78 is 38.2. The van der Waals surface area contributed by atoms with E-state index in [4.69, 9.17) is 9.47 Å². The number of halogens is 1. The fourth-order valence-electron chi connectivity index (χ4n) is 3.44. The summed E-state index contributed by atoms with van der Waals surface area (Å²) in [6.45, 7) is 2.36. The minimum atomic E-state index is -3.67. The molecule has 0 atom stereocenters. The Kier molecular flexibility index (Phi) is 5.56. The average Bonchev–Trinajstić information content (AvgIpc) is 3.39. The summed E-state index contributed by atoms with van der Waals surface area (Å²) in [6.07, 6.45) is 1.64. The molecule has 1 N–H and O–H groups in total. The second-order valence-electron chi connectivity index (χ2n) is 7.01. The lowest BCUT2D eigenvalue weighted by atomic mass is 10.1. The maximum absolute atomic E-state index is 13.0. The van der Waals surface area contributed by atoms with Crippen LogP contribution in [-0.2, 0) is 10.0 Å². The molecular weight excluding hydrogens is 476 g/mol. The van der Waals surface area contributed by atoms with Crippen molar-refractivity contribution in [3.8, 4) is 11.5 Å². The summed E-state index contributed by atoms with van der Waals surface area (Å²) in [6, 6.07) is 7.38. The number of benzene rings is 2. The number of fused-ring (bicyclic) bond motifs is 1. The number of carbonyl (C=O) groups is 2. The number of nitrogens with zero attached hydrogens (tertiary/aromatic N) is 1. The van der Waals surface area contributed by atoms with Gasteiger partial charge in [0.15, 0.2) is 17.3 Å². The highest BCUT2D eigenvalue weighted by Gasteiger charge is 2.28. The van der Waals surface area contributed by atoms with Gasteiger partial charge in [0.1, 0.15) is 0 Å². The van der Waals surface area contributed by atoms with E-state index < -0.39 is 15.9 Å². The van der Waals surface area contributed by atoms with Gasteiger partial charge in [-0.1, -0.05) is 0 Å². The van der Waals surface area contributed by atoms with E-state index in [0.717, 1.165) is 12.8 Å². The van der Waals surface area contributed by atoms with Crippen LogP contribution in [0, 0.1) is 0 Å². The van der Waals surface area contributed by atoms with Gasteiger partial charge in [-0.3, -0.25) is 9.59 Å². The van der Waals surface area contributed by atoms with Gasteiger partial charge in [0.2, 0.25) is 16.8 Å². The molecule has 8 nitrogen and oxygen atoms in total. The zero-order valence-corrected chi connectivity index (χ0v) is 18.5. The largest absolute Gasteiger partial charge is 0.454 e. The van der Waals surface area contributed by atoms with Gasteiger partial charge in [-0.25, -0.2) is 8.42 Å². The third-order valence-corrected chi connectivity index (χ3v) is 7.61. The topological polar surface area (TPSA) is 102 Å². The molecule has 0 bridgehead atoms. The van der Waals surface area contributed by atoms with Crippen molar-refractivity contribution in [2.75, 3.05) is 25.2 Å². The van der Waals surface area contributed by atoms with Crippen molar-refractivity contribution >= 4 is 43.3 Å². The molecule has 1 saturated heterocycles. The smallest absolute Gasteiger partial charge is 0.256 e. The van der Waals surface area contributed by atoms with E-state index in [0.29, 0.717) is 29.1 Å². The lowest BCUT2D eigenvalue weighted by Crippen LogP contribution is -2.28. The predicted molar refractivity (Wildman–Crippen MR) is 113 cm³/mol. The highest BCUT2D eigenvalue weighted by Crippen LogP contribution is 2.37. The van der Waals surface area contributed by atoms with E-state index in [-0.39, 0.29) is 34.3 Å². The number of carbonyl (C=O) groups excluding carboxylic acids is 2. The molecule has 1 amide bonds. The Balaban J connectivity index is 1.67. The van der Waals surface area contributed by atoms with E-state index in [2.05, 4.69) is 21.2 Å². The van der Waals surface area contributed by atoms with Crippen LogP contribution >= 0.6 is 15.9 Å². The van der Waals surface area contributed by atoms with Gasteiger partial charge < -0.3 is 14.8 Å². The monoisotopic (exact) mass is 494 g/mol. The molecule has 2 aliphatic rings. The van der Waals surface area contributed by atoms with Gasteiger partial charge in [-0.15, -0.1) is 0 Å². The maximum Gasteiger partial charge on any atom is 0.256 e. The molecule has 0 saturated carbocycles. The number of sulfonamides is 1. The molecule has 158 valence electrons. The molecule has 2 heterocycles. The number of hydrogen-bond donors (Lipinski definition) is 1. The summed E-state index contributed by atoms with van der Waals surface area (Å²) in [5, 5.41) is 2.69. The lowest BCUT2D eigenvalue weighted by Gasteiger charge is -2.17. The number of ether oxygens (including phenoxy) is 2. The van der Waals surface area contributed by atoms with E-state index in [1.165, 1.54) is 41.6 Å². The third-order valence-electron chi connectivity index (χ3n) is 5.03. The predicted octanol–water partition coefficient (Wildman–Crippen LogP) is 3.42. The first-order valence-electron chi connectivity index (χ1n) is 9.33. The Morgan fingerprint density at radius 1 is 1.03 bits per heavy atom. The van der Waals surface area contributed by atoms with Crippen LogP contribution in [0.25, 0.3) is 0 Å². The van der Waals surface area contributed by atoms with Gasteiger partial charge in [-0.2, -0.15) is 4.31 Å². The van der Waals surface area contributed by atoms with Crippen molar-refractivity contribution in [2.45, 2.75) is 24.7 Å². The Labute approximate surface area is 182 Å². The average molecular weight is 495 g/mol. The minimum absolute atomic E-state index is 0.0338. The van der Waals surface area contributed by atoms with Gasteiger partial charge >= 0.3 is 0 Å². The molecule has 2 aliphatic heterocycles. The molecule has 2 aromatic carbocycles. The molecule has 10 heteroatoms. The van der Waals surface area contributed by atoms with Gasteiger partial charge in [-0.05, 0) is 60.0 Å². The normalized spacial score (nSPS) is 15.9. The Hall–Kier alpha value is -2.43. The van der Waals surface area contributed by atoms with Crippen LogP contribution in [0.2, 0.25) is 0 Å². The Morgan fingerprint density at radius 2 is 1.70 bits per heavy atom. The van der Waals surface area contributed by atoms with Crippen molar-refractivity contribution in [2.24, 2.45) is 0 Å². The maximum atomic E-state index is 13.0. The number of nitrogens with one attached hydrogen (secondary N) is 1. The number of ketones is 1.